The summed E-state index contributed by atoms with van der Waals surface area (Å²) in [6.45, 7) is 0.884. The lowest BCUT2D eigenvalue weighted by atomic mass is 10.1. The van der Waals surface area contributed by atoms with Crippen LogP contribution in [0.5, 0.6) is 5.75 Å². The summed E-state index contributed by atoms with van der Waals surface area (Å²) in [6, 6.07) is 3.37. The molecule has 1 fully saturated rings. The third-order valence-electron chi connectivity index (χ3n) is 3.78. The van der Waals surface area contributed by atoms with Crippen molar-refractivity contribution in [3.05, 3.63) is 27.7 Å². The number of aliphatic hydroxyl groups excluding tert-OH is 1. The second kappa shape index (κ2) is 7.34. The molecule has 0 saturated carbocycles. The van der Waals surface area contributed by atoms with E-state index in [0.717, 1.165) is 25.8 Å². The van der Waals surface area contributed by atoms with Gasteiger partial charge in [0.2, 0.25) is 0 Å². The number of rotatable bonds is 5. The summed E-state index contributed by atoms with van der Waals surface area (Å²) >= 11 is 12.2. The molecule has 0 spiro atoms. The highest BCUT2D eigenvalue weighted by molar-refractivity contribution is 6.37. The second-order valence-corrected chi connectivity index (χ2v) is 5.95. The van der Waals surface area contributed by atoms with E-state index in [1.54, 1.807) is 12.1 Å². The van der Waals surface area contributed by atoms with Gasteiger partial charge in [-0.2, -0.15) is 0 Å². The van der Waals surface area contributed by atoms with Crippen molar-refractivity contribution in [1.29, 1.82) is 0 Å². The van der Waals surface area contributed by atoms with Gasteiger partial charge in [-0.1, -0.05) is 23.2 Å². The predicted molar refractivity (Wildman–Crippen MR) is 83.4 cm³/mol. The average Bonchev–Trinajstić information content (AvgIpc) is 2.92. The number of carbonyl (C=O) groups excluding carboxylic acids is 1. The maximum Gasteiger partial charge on any atom is 0.254 e. The molecule has 1 atom stereocenters. The van der Waals surface area contributed by atoms with Crippen molar-refractivity contribution in [2.45, 2.75) is 31.7 Å². The number of halogens is 2. The quantitative estimate of drug-likeness (QED) is 0.899. The molecule has 116 valence electrons. The lowest BCUT2D eigenvalue weighted by molar-refractivity contribution is 0.0724. The van der Waals surface area contributed by atoms with E-state index in [0.29, 0.717) is 27.8 Å². The smallest absolute Gasteiger partial charge is 0.254 e. The van der Waals surface area contributed by atoms with Crippen LogP contribution in [0.1, 0.15) is 36.0 Å². The van der Waals surface area contributed by atoms with E-state index in [4.69, 9.17) is 33.0 Å². The van der Waals surface area contributed by atoms with Gasteiger partial charge in [-0.25, -0.2) is 0 Å². The highest BCUT2D eigenvalue weighted by Gasteiger charge is 2.29. The number of carbonyl (C=O) groups is 1. The zero-order valence-corrected chi connectivity index (χ0v) is 13.5. The molecule has 0 bridgehead atoms. The topological polar surface area (TPSA) is 49.8 Å². The van der Waals surface area contributed by atoms with Gasteiger partial charge in [0.05, 0.1) is 17.2 Å². The predicted octanol–water partition coefficient (Wildman–Crippen LogP) is 3.38. The number of hydrogen-bond acceptors (Lipinski definition) is 3. The van der Waals surface area contributed by atoms with Crippen LogP contribution in [-0.2, 0) is 0 Å². The molecule has 1 saturated heterocycles. The van der Waals surface area contributed by atoms with Crippen molar-refractivity contribution >= 4 is 29.1 Å². The first kappa shape index (κ1) is 16.4. The lowest BCUT2D eigenvalue weighted by Gasteiger charge is -2.25. The molecule has 0 aromatic heterocycles. The summed E-state index contributed by atoms with van der Waals surface area (Å²) in [5.41, 5.74) is 0.474. The molecule has 1 amide bonds. The Kier molecular flexibility index (Phi) is 5.73. The van der Waals surface area contributed by atoms with Crippen LogP contribution in [0.15, 0.2) is 12.1 Å². The Morgan fingerprint density at radius 1 is 1.43 bits per heavy atom. The highest BCUT2D eigenvalue weighted by Crippen LogP contribution is 2.35. The zero-order chi connectivity index (χ0) is 15.4. The molecule has 6 heteroatoms. The molecular formula is C15H19Cl2NO3. The summed E-state index contributed by atoms with van der Waals surface area (Å²) in [6.07, 6.45) is 3.49. The van der Waals surface area contributed by atoms with Crippen molar-refractivity contribution in [3.63, 3.8) is 0 Å². The first-order valence-corrected chi connectivity index (χ1v) is 7.79. The van der Waals surface area contributed by atoms with Crippen LogP contribution in [0.4, 0.5) is 0 Å². The van der Waals surface area contributed by atoms with E-state index < -0.39 is 0 Å². The normalized spacial score (nSPS) is 18.1. The molecule has 0 aliphatic carbocycles. The summed E-state index contributed by atoms with van der Waals surface area (Å²) in [4.78, 5) is 14.5. The number of benzene rings is 1. The van der Waals surface area contributed by atoms with E-state index in [9.17, 15) is 4.79 Å². The maximum absolute atomic E-state index is 12.6. The minimum absolute atomic E-state index is 0.0677. The first-order valence-electron chi connectivity index (χ1n) is 7.03. The number of amides is 1. The monoisotopic (exact) mass is 331 g/mol. The first-order chi connectivity index (χ1) is 10.1. The SMILES string of the molecule is COc1c(Cl)cc(C(=O)N2CCCC2CCCO)cc1Cl. The molecular weight excluding hydrogens is 313 g/mol. The molecule has 1 aliphatic rings. The molecule has 1 aromatic carbocycles. The Labute approximate surface area is 134 Å². The van der Waals surface area contributed by atoms with Gasteiger partial charge < -0.3 is 14.7 Å². The van der Waals surface area contributed by atoms with Crippen LogP contribution in [0.2, 0.25) is 10.0 Å². The van der Waals surface area contributed by atoms with Gasteiger partial charge in [0.1, 0.15) is 0 Å². The number of hydrogen-bond donors (Lipinski definition) is 1. The summed E-state index contributed by atoms with van der Waals surface area (Å²) < 4.78 is 5.09. The van der Waals surface area contributed by atoms with E-state index in [-0.39, 0.29) is 18.6 Å². The van der Waals surface area contributed by atoms with Crippen LogP contribution in [0, 0.1) is 0 Å². The molecule has 21 heavy (non-hydrogen) atoms. The van der Waals surface area contributed by atoms with Gasteiger partial charge in [0.25, 0.3) is 5.91 Å². The van der Waals surface area contributed by atoms with Gasteiger partial charge in [0, 0.05) is 24.8 Å². The van der Waals surface area contributed by atoms with Crippen molar-refractivity contribution in [1.82, 2.24) is 4.90 Å². The van der Waals surface area contributed by atoms with Gasteiger partial charge in [-0.05, 0) is 37.8 Å². The van der Waals surface area contributed by atoms with Crippen LogP contribution >= 0.6 is 23.2 Å². The number of nitrogens with zero attached hydrogens (tertiary/aromatic N) is 1. The Balaban J connectivity index is 2.19. The summed E-state index contributed by atoms with van der Waals surface area (Å²) in [7, 11) is 1.49. The third-order valence-corrected chi connectivity index (χ3v) is 4.34. The van der Waals surface area contributed by atoms with Crippen molar-refractivity contribution in [2.75, 3.05) is 20.3 Å². The molecule has 1 unspecified atom stereocenters. The van der Waals surface area contributed by atoms with Gasteiger partial charge in [0.15, 0.2) is 5.75 Å². The van der Waals surface area contributed by atoms with E-state index in [1.165, 1.54) is 7.11 Å². The van der Waals surface area contributed by atoms with Gasteiger partial charge in [-0.3, -0.25) is 4.79 Å². The fourth-order valence-corrected chi connectivity index (χ4v) is 3.42. The molecule has 4 nitrogen and oxygen atoms in total. The Morgan fingerprint density at radius 2 is 2.10 bits per heavy atom. The zero-order valence-electron chi connectivity index (χ0n) is 11.9. The lowest BCUT2D eigenvalue weighted by Crippen LogP contribution is -2.35. The van der Waals surface area contributed by atoms with E-state index in [1.807, 2.05) is 4.90 Å². The standard InChI is InChI=1S/C15H19Cl2NO3/c1-21-14-12(16)8-10(9-13(14)17)15(20)18-6-2-4-11(18)5-3-7-19/h8-9,11,19H,2-7H2,1H3. The van der Waals surface area contributed by atoms with Gasteiger partial charge in [-0.15, -0.1) is 0 Å². The van der Waals surface area contributed by atoms with Crippen LogP contribution < -0.4 is 4.74 Å². The average molecular weight is 332 g/mol. The molecule has 1 heterocycles. The van der Waals surface area contributed by atoms with Crippen molar-refractivity contribution < 1.29 is 14.6 Å². The van der Waals surface area contributed by atoms with Crippen LogP contribution in [0.25, 0.3) is 0 Å². The number of likely N-dealkylation sites (tertiary alicyclic amines) is 1. The number of methoxy groups -OCH3 is 1. The molecule has 1 N–H and O–H groups in total. The molecule has 1 aromatic rings. The van der Waals surface area contributed by atoms with Gasteiger partial charge >= 0.3 is 0 Å². The second-order valence-electron chi connectivity index (χ2n) is 5.13. The fraction of sp³-hybridized carbons (Fsp3) is 0.533. The Hall–Kier alpha value is -0.970. The van der Waals surface area contributed by atoms with E-state index >= 15 is 0 Å². The maximum atomic E-state index is 12.6. The van der Waals surface area contributed by atoms with Crippen LogP contribution in [0.3, 0.4) is 0 Å². The number of ether oxygens (including phenoxy) is 1. The third kappa shape index (κ3) is 3.62. The highest BCUT2D eigenvalue weighted by atomic mass is 35.5. The molecule has 1 aliphatic heterocycles. The van der Waals surface area contributed by atoms with Crippen molar-refractivity contribution in [3.8, 4) is 5.75 Å². The van der Waals surface area contributed by atoms with E-state index in [2.05, 4.69) is 0 Å². The summed E-state index contributed by atoms with van der Waals surface area (Å²) in [5.74, 6) is 0.315. The number of aliphatic hydroxyl groups is 1. The minimum atomic E-state index is -0.0677. The Bertz CT molecular complexity index is 499. The molecule has 2 rings (SSSR count). The summed E-state index contributed by atoms with van der Waals surface area (Å²) in [5, 5.41) is 9.61. The fourth-order valence-electron chi connectivity index (χ4n) is 2.77. The molecule has 0 radical (unpaired) electrons. The minimum Gasteiger partial charge on any atom is -0.494 e. The largest absolute Gasteiger partial charge is 0.494 e. The Morgan fingerprint density at radius 3 is 2.67 bits per heavy atom. The van der Waals surface area contributed by atoms with Crippen molar-refractivity contribution in [2.24, 2.45) is 0 Å². The van der Waals surface area contributed by atoms with Crippen LogP contribution in [-0.4, -0.2) is 42.2 Å².